The first-order valence-corrected chi connectivity index (χ1v) is 5.58. The third kappa shape index (κ3) is 2.30. The minimum Gasteiger partial charge on any atom is -0.399 e. The largest absolute Gasteiger partial charge is 0.399 e. The molecule has 0 fully saturated rings. The van der Waals surface area contributed by atoms with Crippen LogP contribution >= 0.6 is 0 Å². The Hall–Kier alpha value is -1.50. The summed E-state index contributed by atoms with van der Waals surface area (Å²) in [5, 5.41) is 2.52. The van der Waals surface area contributed by atoms with E-state index in [1.165, 1.54) is 35.6 Å². The molecule has 2 aromatic rings. The highest BCUT2D eigenvalue weighted by molar-refractivity contribution is 5.85. The van der Waals surface area contributed by atoms with Crippen LogP contribution in [-0.4, -0.2) is 0 Å². The second-order valence-corrected chi connectivity index (χ2v) is 4.04. The molecule has 0 spiro atoms. The molecule has 15 heavy (non-hydrogen) atoms. The number of hydrogen-bond donors (Lipinski definition) is 1. The molecule has 78 valence electrons. The molecule has 0 radical (unpaired) electrons. The van der Waals surface area contributed by atoms with Crippen molar-refractivity contribution >= 4 is 16.5 Å². The fourth-order valence-electron chi connectivity index (χ4n) is 1.85. The Morgan fingerprint density at radius 3 is 2.53 bits per heavy atom. The maximum absolute atomic E-state index is 5.74. The summed E-state index contributed by atoms with van der Waals surface area (Å²) in [6.07, 6.45) is 3.69. The van der Waals surface area contributed by atoms with Crippen molar-refractivity contribution in [1.29, 1.82) is 0 Å². The van der Waals surface area contributed by atoms with Gasteiger partial charge in [0.25, 0.3) is 0 Å². The Balaban J connectivity index is 2.34. The summed E-state index contributed by atoms with van der Waals surface area (Å²) < 4.78 is 0. The van der Waals surface area contributed by atoms with Crippen molar-refractivity contribution in [3.8, 4) is 0 Å². The fraction of sp³-hybridized carbons (Fsp3) is 0.286. The third-order valence-electron chi connectivity index (χ3n) is 2.75. The molecule has 0 saturated heterocycles. The van der Waals surface area contributed by atoms with Gasteiger partial charge in [0.15, 0.2) is 0 Å². The molecule has 2 aromatic carbocycles. The molecule has 0 saturated carbocycles. The number of anilines is 1. The predicted molar refractivity (Wildman–Crippen MR) is 67.0 cm³/mol. The van der Waals surface area contributed by atoms with E-state index in [4.69, 9.17) is 5.73 Å². The van der Waals surface area contributed by atoms with E-state index in [0.29, 0.717) is 0 Å². The number of aryl methyl sites for hydroxylation is 1. The summed E-state index contributed by atoms with van der Waals surface area (Å²) >= 11 is 0. The zero-order chi connectivity index (χ0) is 10.7. The van der Waals surface area contributed by atoms with Crippen molar-refractivity contribution in [2.45, 2.75) is 26.2 Å². The second kappa shape index (κ2) is 4.35. The maximum atomic E-state index is 5.74. The Morgan fingerprint density at radius 2 is 1.73 bits per heavy atom. The summed E-state index contributed by atoms with van der Waals surface area (Å²) in [6.45, 7) is 2.22. The van der Waals surface area contributed by atoms with Gasteiger partial charge in [-0.3, -0.25) is 0 Å². The zero-order valence-corrected chi connectivity index (χ0v) is 9.16. The topological polar surface area (TPSA) is 26.0 Å². The van der Waals surface area contributed by atoms with E-state index in [1.54, 1.807) is 0 Å². The van der Waals surface area contributed by atoms with Gasteiger partial charge in [-0.05, 0) is 41.3 Å². The smallest absolute Gasteiger partial charge is 0.0320 e. The average molecular weight is 199 g/mol. The van der Waals surface area contributed by atoms with E-state index < -0.39 is 0 Å². The molecule has 0 atom stereocenters. The number of unbranched alkanes of at least 4 members (excludes halogenated alkanes) is 1. The lowest BCUT2D eigenvalue weighted by Crippen LogP contribution is -1.87. The van der Waals surface area contributed by atoms with Crippen molar-refractivity contribution in [3.63, 3.8) is 0 Å². The second-order valence-electron chi connectivity index (χ2n) is 4.04. The van der Waals surface area contributed by atoms with Crippen molar-refractivity contribution < 1.29 is 0 Å². The van der Waals surface area contributed by atoms with Crippen LogP contribution in [0.25, 0.3) is 10.8 Å². The van der Waals surface area contributed by atoms with Crippen LogP contribution in [0.4, 0.5) is 5.69 Å². The number of fused-ring (bicyclic) bond motifs is 1. The molecule has 0 bridgehead atoms. The van der Waals surface area contributed by atoms with Crippen LogP contribution in [0.5, 0.6) is 0 Å². The highest BCUT2D eigenvalue weighted by Crippen LogP contribution is 2.19. The summed E-state index contributed by atoms with van der Waals surface area (Å²) in [5.41, 5.74) is 8.00. The average Bonchev–Trinajstić information content (AvgIpc) is 2.26. The van der Waals surface area contributed by atoms with Gasteiger partial charge in [0.05, 0.1) is 0 Å². The lowest BCUT2D eigenvalue weighted by atomic mass is 10.0. The van der Waals surface area contributed by atoms with Gasteiger partial charge in [-0.15, -0.1) is 0 Å². The molecule has 0 heterocycles. The van der Waals surface area contributed by atoms with Gasteiger partial charge in [0.1, 0.15) is 0 Å². The van der Waals surface area contributed by atoms with E-state index in [0.717, 1.165) is 5.69 Å². The quantitative estimate of drug-likeness (QED) is 0.748. The first kappa shape index (κ1) is 10.0. The summed E-state index contributed by atoms with van der Waals surface area (Å²) in [4.78, 5) is 0. The molecule has 0 aromatic heterocycles. The van der Waals surface area contributed by atoms with Crippen LogP contribution in [0.3, 0.4) is 0 Å². The van der Waals surface area contributed by atoms with Gasteiger partial charge in [0.2, 0.25) is 0 Å². The first-order valence-electron chi connectivity index (χ1n) is 5.58. The van der Waals surface area contributed by atoms with Crippen LogP contribution in [0, 0.1) is 0 Å². The van der Waals surface area contributed by atoms with Crippen LogP contribution < -0.4 is 5.73 Å². The molecule has 1 heteroatoms. The highest BCUT2D eigenvalue weighted by atomic mass is 14.5. The minimum atomic E-state index is 0.837. The van der Waals surface area contributed by atoms with Crippen LogP contribution in [0.15, 0.2) is 36.4 Å². The molecular formula is C14H17N. The third-order valence-corrected chi connectivity index (χ3v) is 2.75. The standard InChI is InChI=1S/C14H17N/c1-2-3-4-11-5-6-13-10-14(15)8-7-12(13)9-11/h5-10H,2-4,15H2,1H3. The normalized spacial score (nSPS) is 10.7. The van der Waals surface area contributed by atoms with E-state index in [9.17, 15) is 0 Å². The summed E-state index contributed by atoms with van der Waals surface area (Å²) in [6, 6.07) is 12.7. The molecule has 2 N–H and O–H groups in total. The first-order chi connectivity index (χ1) is 7.29. The zero-order valence-electron chi connectivity index (χ0n) is 9.16. The van der Waals surface area contributed by atoms with E-state index in [2.05, 4.69) is 31.2 Å². The minimum absolute atomic E-state index is 0.837. The van der Waals surface area contributed by atoms with Gasteiger partial charge in [-0.25, -0.2) is 0 Å². The van der Waals surface area contributed by atoms with E-state index in [1.807, 2.05) is 12.1 Å². The molecule has 1 nitrogen and oxygen atoms in total. The van der Waals surface area contributed by atoms with Crippen molar-refractivity contribution in [2.75, 3.05) is 5.73 Å². The van der Waals surface area contributed by atoms with E-state index >= 15 is 0 Å². The SMILES string of the molecule is CCCCc1ccc2cc(N)ccc2c1. The number of rotatable bonds is 3. The molecule has 2 rings (SSSR count). The Labute approximate surface area is 90.9 Å². The monoisotopic (exact) mass is 199 g/mol. The molecular weight excluding hydrogens is 182 g/mol. The molecule has 0 aliphatic carbocycles. The fourth-order valence-corrected chi connectivity index (χ4v) is 1.85. The summed E-state index contributed by atoms with van der Waals surface area (Å²) in [5.74, 6) is 0. The number of nitrogen functional groups attached to an aromatic ring is 1. The molecule has 0 amide bonds. The predicted octanol–water partition coefficient (Wildman–Crippen LogP) is 3.76. The molecule has 0 aliphatic heterocycles. The lowest BCUT2D eigenvalue weighted by molar-refractivity contribution is 0.796. The Bertz CT molecular complexity index is 460. The highest BCUT2D eigenvalue weighted by Gasteiger charge is 1.97. The van der Waals surface area contributed by atoms with Gasteiger partial charge in [-0.1, -0.05) is 37.6 Å². The molecule has 0 unspecified atom stereocenters. The Kier molecular flexibility index (Phi) is 2.91. The summed E-state index contributed by atoms with van der Waals surface area (Å²) in [7, 11) is 0. The van der Waals surface area contributed by atoms with Crippen molar-refractivity contribution in [3.05, 3.63) is 42.0 Å². The van der Waals surface area contributed by atoms with Crippen LogP contribution in [0.2, 0.25) is 0 Å². The van der Waals surface area contributed by atoms with E-state index in [-0.39, 0.29) is 0 Å². The maximum Gasteiger partial charge on any atom is 0.0320 e. The molecule has 0 aliphatic rings. The van der Waals surface area contributed by atoms with Gasteiger partial charge in [-0.2, -0.15) is 0 Å². The lowest BCUT2D eigenvalue weighted by Gasteiger charge is -2.03. The van der Waals surface area contributed by atoms with Crippen LogP contribution in [0.1, 0.15) is 25.3 Å². The van der Waals surface area contributed by atoms with Crippen LogP contribution in [-0.2, 0) is 6.42 Å². The van der Waals surface area contributed by atoms with Crippen molar-refractivity contribution in [1.82, 2.24) is 0 Å². The van der Waals surface area contributed by atoms with Crippen molar-refractivity contribution in [2.24, 2.45) is 0 Å². The Morgan fingerprint density at radius 1 is 1.00 bits per heavy atom. The number of nitrogens with two attached hydrogens (primary N) is 1. The van der Waals surface area contributed by atoms with Gasteiger partial charge in [0, 0.05) is 5.69 Å². The number of hydrogen-bond acceptors (Lipinski definition) is 1. The number of benzene rings is 2. The van der Waals surface area contributed by atoms with Gasteiger partial charge < -0.3 is 5.73 Å². The van der Waals surface area contributed by atoms with Gasteiger partial charge >= 0.3 is 0 Å².